The Morgan fingerprint density at radius 2 is 2.45 bits per heavy atom. The van der Waals surface area contributed by atoms with Gasteiger partial charge < -0.3 is 10.1 Å². The van der Waals surface area contributed by atoms with Gasteiger partial charge in [0.25, 0.3) is 5.91 Å². The highest BCUT2D eigenvalue weighted by Gasteiger charge is 2.32. The monoisotopic (exact) mass is 292 g/mol. The fourth-order valence-corrected chi connectivity index (χ4v) is 3.10. The van der Waals surface area contributed by atoms with Crippen molar-refractivity contribution in [3.05, 3.63) is 34.6 Å². The summed E-state index contributed by atoms with van der Waals surface area (Å²) in [6.45, 7) is 2.49. The Kier molecular flexibility index (Phi) is 3.54. The molecular weight excluding hydrogens is 276 g/mol. The summed E-state index contributed by atoms with van der Waals surface area (Å²) in [5, 5.41) is 8.98. The average molecular weight is 292 g/mol. The first kappa shape index (κ1) is 13.3. The lowest BCUT2D eigenvalue weighted by Crippen LogP contribution is -2.36. The summed E-state index contributed by atoms with van der Waals surface area (Å²) in [4.78, 5) is 12.2. The van der Waals surface area contributed by atoms with Crippen LogP contribution in [0.5, 0.6) is 0 Å². The molecule has 0 saturated carbocycles. The molecule has 3 heterocycles. The largest absolute Gasteiger partial charge is 0.371 e. The van der Waals surface area contributed by atoms with Crippen molar-refractivity contribution in [3.8, 4) is 0 Å². The molecular formula is C13H16N4O2S. The molecule has 20 heavy (non-hydrogen) atoms. The topological polar surface area (TPSA) is 69.0 Å². The first-order valence-electron chi connectivity index (χ1n) is 6.47. The third kappa shape index (κ3) is 2.46. The van der Waals surface area contributed by atoms with E-state index in [-0.39, 0.29) is 18.1 Å². The lowest BCUT2D eigenvalue weighted by Gasteiger charge is -2.18. The average Bonchev–Trinajstić information content (AvgIpc) is 3.10. The maximum atomic E-state index is 12.2. The number of carbonyl (C=O) groups is 1. The molecule has 1 saturated heterocycles. The predicted octanol–water partition coefficient (Wildman–Crippen LogP) is 1.45. The van der Waals surface area contributed by atoms with Gasteiger partial charge in [0.1, 0.15) is 6.10 Å². The molecule has 1 N–H and O–H groups in total. The fourth-order valence-electron chi connectivity index (χ4n) is 2.41. The number of nitrogens with one attached hydrogen (secondary N) is 1. The molecule has 0 aliphatic carbocycles. The van der Waals surface area contributed by atoms with E-state index in [2.05, 4.69) is 14.8 Å². The Morgan fingerprint density at radius 1 is 1.60 bits per heavy atom. The Hall–Kier alpha value is -1.73. The van der Waals surface area contributed by atoms with Crippen molar-refractivity contribution in [2.75, 3.05) is 6.61 Å². The Labute approximate surface area is 120 Å². The van der Waals surface area contributed by atoms with Crippen LogP contribution >= 0.6 is 11.5 Å². The zero-order chi connectivity index (χ0) is 14.1. The number of rotatable bonds is 3. The summed E-state index contributed by atoms with van der Waals surface area (Å²) in [6.07, 6.45) is 4.39. The minimum atomic E-state index is -0.125. The standard InChI is InChI=1S/C13H16N4O2S/c1-8-10(7-20-16-8)13(18)15-11-3-4-19-12(11)9-5-14-17(2)6-9/h5-7,11-12H,3-4H2,1-2H3,(H,15,18)/t11-,12+/m0/s1. The molecule has 0 spiro atoms. The highest BCUT2D eigenvalue weighted by molar-refractivity contribution is 7.03. The van der Waals surface area contributed by atoms with Crippen LogP contribution in [-0.2, 0) is 11.8 Å². The van der Waals surface area contributed by atoms with Crippen molar-refractivity contribution < 1.29 is 9.53 Å². The molecule has 0 radical (unpaired) electrons. The van der Waals surface area contributed by atoms with Crippen molar-refractivity contribution >= 4 is 17.4 Å². The molecule has 1 aliphatic heterocycles. The maximum Gasteiger partial charge on any atom is 0.254 e. The third-order valence-electron chi connectivity index (χ3n) is 3.46. The van der Waals surface area contributed by atoms with Gasteiger partial charge in [0.2, 0.25) is 0 Å². The molecule has 2 aromatic heterocycles. The van der Waals surface area contributed by atoms with Gasteiger partial charge in [-0.2, -0.15) is 9.47 Å². The number of aryl methyl sites for hydroxylation is 2. The number of hydrogen-bond donors (Lipinski definition) is 1. The van der Waals surface area contributed by atoms with Crippen molar-refractivity contribution in [1.29, 1.82) is 0 Å². The fraction of sp³-hybridized carbons (Fsp3) is 0.462. The van der Waals surface area contributed by atoms with E-state index in [0.717, 1.165) is 17.7 Å². The molecule has 7 heteroatoms. The molecule has 2 atom stereocenters. The minimum Gasteiger partial charge on any atom is -0.371 e. The Morgan fingerprint density at radius 3 is 3.10 bits per heavy atom. The zero-order valence-electron chi connectivity index (χ0n) is 11.4. The van der Waals surface area contributed by atoms with Crippen molar-refractivity contribution in [2.45, 2.75) is 25.5 Å². The highest BCUT2D eigenvalue weighted by Crippen LogP contribution is 2.29. The van der Waals surface area contributed by atoms with Gasteiger partial charge >= 0.3 is 0 Å². The second-order valence-electron chi connectivity index (χ2n) is 4.92. The predicted molar refractivity (Wildman–Crippen MR) is 74.6 cm³/mol. The molecule has 0 aromatic carbocycles. The van der Waals surface area contributed by atoms with Crippen LogP contribution in [0.4, 0.5) is 0 Å². The van der Waals surface area contributed by atoms with Gasteiger partial charge in [-0.15, -0.1) is 0 Å². The number of ether oxygens (including phenoxy) is 1. The minimum absolute atomic E-state index is 0.0222. The lowest BCUT2D eigenvalue weighted by molar-refractivity contribution is 0.0821. The van der Waals surface area contributed by atoms with Crippen molar-refractivity contribution in [1.82, 2.24) is 19.5 Å². The third-order valence-corrected chi connectivity index (χ3v) is 4.18. The van der Waals surface area contributed by atoms with Crippen LogP contribution in [0.3, 0.4) is 0 Å². The summed E-state index contributed by atoms with van der Waals surface area (Å²) < 4.78 is 11.6. The number of nitrogens with zero attached hydrogens (tertiary/aromatic N) is 3. The molecule has 3 rings (SSSR count). The van der Waals surface area contributed by atoms with Crippen LogP contribution in [0.15, 0.2) is 17.8 Å². The number of aromatic nitrogens is 3. The summed E-state index contributed by atoms with van der Waals surface area (Å²) in [6, 6.07) is -0.0222. The van der Waals surface area contributed by atoms with E-state index >= 15 is 0 Å². The van der Waals surface area contributed by atoms with Crippen LogP contribution < -0.4 is 5.32 Å². The normalized spacial score (nSPS) is 22.1. The first-order chi connectivity index (χ1) is 9.65. The SMILES string of the molecule is Cc1nscc1C(=O)N[C@H]1CCO[C@@H]1c1cnn(C)c1. The molecule has 6 nitrogen and oxygen atoms in total. The van der Waals surface area contributed by atoms with E-state index in [1.807, 2.05) is 20.2 Å². The van der Waals surface area contributed by atoms with E-state index in [0.29, 0.717) is 12.2 Å². The van der Waals surface area contributed by atoms with Crippen LogP contribution in [0.25, 0.3) is 0 Å². The lowest BCUT2D eigenvalue weighted by atomic mass is 10.0. The van der Waals surface area contributed by atoms with Gasteiger partial charge in [-0.1, -0.05) is 0 Å². The van der Waals surface area contributed by atoms with E-state index in [9.17, 15) is 4.79 Å². The quantitative estimate of drug-likeness (QED) is 0.929. The van der Waals surface area contributed by atoms with Gasteiger partial charge in [0.15, 0.2) is 0 Å². The molecule has 1 aliphatic rings. The second kappa shape index (κ2) is 5.34. The number of carbonyl (C=O) groups excluding carboxylic acids is 1. The maximum absolute atomic E-state index is 12.2. The molecule has 106 valence electrons. The van der Waals surface area contributed by atoms with E-state index < -0.39 is 0 Å². The van der Waals surface area contributed by atoms with E-state index in [4.69, 9.17) is 4.74 Å². The highest BCUT2D eigenvalue weighted by atomic mass is 32.1. The van der Waals surface area contributed by atoms with Crippen LogP contribution in [0.2, 0.25) is 0 Å². The van der Waals surface area contributed by atoms with Gasteiger partial charge in [0.05, 0.1) is 23.5 Å². The molecule has 1 fully saturated rings. The van der Waals surface area contributed by atoms with Gasteiger partial charge in [-0.25, -0.2) is 0 Å². The Bertz CT molecular complexity index is 621. The molecule has 2 aromatic rings. The molecule has 0 bridgehead atoms. The van der Waals surface area contributed by atoms with Crippen LogP contribution in [0, 0.1) is 6.92 Å². The summed E-state index contributed by atoms with van der Waals surface area (Å²) >= 11 is 1.30. The number of hydrogen-bond acceptors (Lipinski definition) is 5. The first-order valence-corrected chi connectivity index (χ1v) is 7.31. The van der Waals surface area contributed by atoms with Crippen LogP contribution in [0.1, 0.15) is 34.1 Å². The van der Waals surface area contributed by atoms with E-state index in [1.54, 1.807) is 16.3 Å². The summed E-state index contributed by atoms with van der Waals surface area (Å²) in [5.74, 6) is -0.0827. The van der Waals surface area contributed by atoms with Crippen molar-refractivity contribution in [3.63, 3.8) is 0 Å². The van der Waals surface area contributed by atoms with Crippen molar-refractivity contribution in [2.24, 2.45) is 7.05 Å². The van der Waals surface area contributed by atoms with Gasteiger partial charge in [-0.05, 0) is 24.9 Å². The zero-order valence-corrected chi connectivity index (χ0v) is 12.2. The number of amides is 1. The van der Waals surface area contributed by atoms with E-state index in [1.165, 1.54) is 11.5 Å². The summed E-state index contributed by atoms with van der Waals surface area (Å²) in [5.41, 5.74) is 2.41. The summed E-state index contributed by atoms with van der Waals surface area (Å²) in [7, 11) is 1.87. The van der Waals surface area contributed by atoms with Gasteiger partial charge in [0, 0.05) is 30.8 Å². The van der Waals surface area contributed by atoms with Gasteiger partial charge in [-0.3, -0.25) is 9.48 Å². The second-order valence-corrected chi connectivity index (χ2v) is 5.55. The smallest absolute Gasteiger partial charge is 0.254 e. The molecule has 0 unspecified atom stereocenters. The van der Waals surface area contributed by atoms with Crippen LogP contribution in [-0.4, -0.2) is 32.7 Å². The Balaban J connectivity index is 1.73. The molecule has 1 amide bonds.